The summed E-state index contributed by atoms with van der Waals surface area (Å²) in [7, 11) is 0. The largest absolute Gasteiger partial charge is 0.347 e. The Morgan fingerprint density at radius 3 is 2.44 bits per heavy atom. The van der Waals surface area contributed by atoms with Crippen LogP contribution in [0.25, 0.3) is 0 Å². The average molecular weight is 341 g/mol. The summed E-state index contributed by atoms with van der Waals surface area (Å²) in [5.74, 6) is -0.0956. The van der Waals surface area contributed by atoms with Gasteiger partial charge in [0.15, 0.2) is 0 Å². The second kappa shape index (κ2) is 6.17. The van der Waals surface area contributed by atoms with Crippen molar-refractivity contribution in [3.05, 3.63) is 35.4 Å². The van der Waals surface area contributed by atoms with Crippen molar-refractivity contribution < 1.29 is 14.4 Å². The van der Waals surface area contributed by atoms with Gasteiger partial charge in [-0.2, -0.15) is 0 Å². The highest BCUT2D eigenvalue weighted by Gasteiger charge is 2.44. The van der Waals surface area contributed by atoms with Crippen molar-refractivity contribution in [1.29, 1.82) is 0 Å². The summed E-state index contributed by atoms with van der Waals surface area (Å²) in [6.07, 6.45) is 4.10. The number of urea groups is 1. The molecule has 0 bridgehead atoms. The second-order valence-corrected chi connectivity index (χ2v) is 7.41. The van der Waals surface area contributed by atoms with Crippen molar-refractivity contribution in [3.63, 3.8) is 0 Å². The van der Waals surface area contributed by atoms with Gasteiger partial charge in [0.05, 0.1) is 6.04 Å². The van der Waals surface area contributed by atoms with Crippen molar-refractivity contribution >= 4 is 17.8 Å². The first kappa shape index (κ1) is 16.1. The molecule has 1 aliphatic heterocycles. The lowest BCUT2D eigenvalue weighted by Gasteiger charge is -2.21. The van der Waals surface area contributed by atoms with Crippen LogP contribution in [0.3, 0.4) is 0 Å². The van der Waals surface area contributed by atoms with Gasteiger partial charge < -0.3 is 10.2 Å². The lowest BCUT2D eigenvalue weighted by Crippen LogP contribution is -2.43. The zero-order valence-electron chi connectivity index (χ0n) is 14.4. The first-order valence-corrected chi connectivity index (χ1v) is 9.00. The molecule has 0 spiro atoms. The molecule has 2 saturated carbocycles. The summed E-state index contributed by atoms with van der Waals surface area (Å²) in [6, 6.07) is 7.99. The molecule has 25 heavy (non-hydrogen) atoms. The first-order valence-electron chi connectivity index (χ1n) is 9.00. The van der Waals surface area contributed by atoms with E-state index in [4.69, 9.17) is 0 Å². The Morgan fingerprint density at radius 1 is 1.16 bits per heavy atom. The van der Waals surface area contributed by atoms with E-state index in [1.807, 2.05) is 31.2 Å². The molecule has 2 aliphatic carbocycles. The van der Waals surface area contributed by atoms with Crippen LogP contribution in [-0.2, 0) is 9.59 Å². The van der Waals surface area contributed by atoms with Crippen LogP contribution in [0.15, 0.2) is 24.3 Å². The van der Waals surface area contributed by atoms with Crippen molar-refractivity contribution in [2.75, 3.05) is 13.1 Å². The summed E-state index contributed by atoms with van der Waals surface area (Å²) < 4.78 is 0. The number of aryl methyl sites for hydroxylation is 1. The molecule has 132 valence electrons. The molecule has 1 N–H and O–H groups in total. The molecule has 4 amide bonds. The Balaban J connectivity index is 1.41. The zero-order chi connectivity index (χ0) is 17.6. The molecule has 1 atom stereocenters. The molecular weight excluding hydrogens is 318 g/mol. The minimum Gasteiger partial charge on any atom is -0.347 e. The number of hydrogen-bond acceptors (Lipinski definition) is 3. The quantitative estimate of drug-likeness (QED) is 0.805. The van der Waals surface area contributed by atoms with Crippen LogP contribution in [-0.4, -0.2) is 46.8 Å². The fourth-order valence-corrected chi connectivity index (χ4v) is 3.43. The predicted octanol–water partition coefficient (Wildman–Crippen LogP) is 1.99. The number of hydrogen-bond donors (Lipinski definition) is 1. The van der Waals surface area contributed by atoms with Crippen LogP contribution in [0.2, 0.25) is 0 Å². The third-order valence-electron chi connectivity index (χ3n) is 5.22. The van der Waals surface area contributed by atoms with Gasteiger partial charge in [0, 0.05) is 6.04 Å². The van der Waals surface area contributed by atoms with Crippen LogP contribution in [0, 0.1) is 12.8 Å². The highest BCUT2D eigenvalue weighted by Crippen LogP contribution is 2.41. The maximum atomic E-state index is 12.5. The number of nitrogens with zero attached hydrogens (tertiary/aromatic N) is 2. The summed E-state index contributed by atoms with van der Waals surface area (Å²) in [5, 5.41) is 3.04. The summed E-state index contributed by atoms with van der Waals surface area (Å²) in [4.78, 5) is 39.6. The molecule has 1 aromatic rings. The van der Waals surface area contributed by atoms with Crippen molar-refractivity contribution in [2.45, 2.75) is 44.7 Å². The third-order valence-corrected chi connectivity index (χ3v) is 5.22. The first-order chi connectivity index (χ1) is 12.0. The highest BCUT2D eigenvalue weighted by molar-refractivity contribution is 6.04. The van der Waals surface area contributed by atoms with Crippen LogP contribution in [0.5, 0.6) is 0 Å². The van der Waals surface area contributed by atoms with Crippen molar-refractivity contribution in [2.24, 2.45) is 5.92 Å². The number of benzene rings is 1. The summed E-state index contributed by atoms with van der Waals surface area (Å²) in [6.45, 7) is 1.96. The van der Waals surface area contributed by atoms with Crippen molar-refractivity contribution in [1.82, 2.24) is 15.1 Å². The SMILES string of the molecule is Cc1ccc(C(NC(=O)CN2C(=O)CN(C3CC3)C2=O)C2CC2)cc1. The Kier molecular flexibility index (Phi) is 3.98. The maximum Gasteiger partial charge on any atom is 0.327 e. The third kappa shape index (κ3) is 3.38. The molecule has 1 heterocycles. The molecule has 4 rings (SSSR count). The Hall–Kier alpha value is -2.37. The summed E-state index contributed by atoms with van der Waals surface area (Å²) >= 11 is 0. The van der Waals surface area contributed by atoms with Crippen molar-refractivity contribution in [3.8, 4) is 0 Å². The fraction of sp³-hybridized carbons (Fsp3) is 0.526. The molecular formula is C19H23N3O3. The van der Waals surface area contributed by atoms with Crippen LogP contribution < -0.4 is 5.32 Å². The van der Waals surface area contributed by atoms with Gasteiger partial charge in [-0.3, -0.25) is 14.5 Å². The normalized spacial score (nSPS) is 21.6. The zero-order valence-corrected chi connectivity index (χ0v) is 14.4. The fourth-order valence-electron chi connectivity index (χ4n) is 3.43. The van der Waals surface area contributed by atoms with E-state index in [0.717, 1.165) is 36.1 Å². The minimum absolute atomic E-state index is 0.0413. The number of imide groups is 1. The highest BCUT2D eigenvalue weighted by atomic mass is 16.2. The second-order valence-electron chi connectivity index (χ2n) is 7.41. The Morgan fingerprint density at radius 2 is 1.84 bits per heavy atom. The van der Waals surface area contributed by atoms with E-state index in [1.165, 1.54) is 5.56 Å². The minimum atomic E-state index is -0.319. The van der Waals surface area contributed by atoms with Gasteiger partial charge in [0.25, 0.3) is 5.91 Å². The van der Waals surface area contributed by atoms with Gasteiger partial charge >= 0.3 is 6.03 Å². The number of carbonyl (C=O) groups is 3. The van der Waals surface area contributed by atoms with Gasteiger partial charge in [-0.1, -0.05) is 29.8 Å². The predicted molar refractivity (Wildman–Crippen MR) is 91.6 cm³/mol. The molecule has 3 fully saturated rings. The van der Waals surface area contributed by atoms with Gasteiger partial charge in [-0.05, 0) is 44.1 Å². The molecule has 1 aromatic carbocycles. The van der Waals surface area contributed by atoms with Gasteiger partial charge in [0.1, 0.15) is 13.1 Å². The van der Waals surface area contributed by atoms with Crippen LogP contribution in [0.4, 0.5) is 4.79 Å². The standard InChI is InChI=1S/C19H23N3O3/c1-12-2-4-13(5-3-12)18(14-6-7-14)20-16(23)10-22-17(24)11-21(19(22)25)15-8-9-15/h2-5,14-15,18H,6-11H2,1H3,(H,20,23). The average Bonchev–Trinajstić information content (AvgIpc) is 3.48. The van der Waals surface area contributed by atoms with Gasteiger partial charge in [-0.15, -0.1) is 0 Å². The maximum absolute atomic E-state index is 12.5. The lowest BCUT2D eigenvalue weighted by molar-refractivity contribution is -0.131. The van der Waals surface area contributed by atoms with Crippen LogP contribution in [0.1, 0.15) is 42.9 Å². The molecule has 6 nitrogen and oxygen atoms in total. The van der Waals surface area contributed by atoms with Gasteiger partial charge in [-0.25, -0.2) is 4.79 Å². The number of carbonyl (C=O) groups excluding carboxylic acids is 3. The van der Waals surface area contributed by atoms with Gasteiger partial charge in [0.2, 0.25) is 5.91 Å². The molecule has 0 radical (unpaired) electrons. The molecule has 6 heteroatoms. The molecule has 1 unspecified atom stereocenters. The van der Waals surface area contributed by atoms with E-state index in [9.17, 15) is 14.4 Å². The molecule has 0 aromatic heterocycles. The van der Waals surface area contributed by atoms with E-state index < -0.39 is 0 Å². The van der Waals surface area contributed by atoms with E-state index in [2.05, 4.69) is 5.32 Å². The monoisotopic (exact) mass is 341 g/mol. The smallest absolute Gasteiger partial charge is 0.327 e. The number of nitrogens with one attached hydrogen (secondary N) is 1. The lowest BCUT2D eigenvalue weighted by atomic mass is 10.0. The topological polar surface area (TPSA) is 69.7 Å². The number of rotatable bonds is 6. The Labute approximate surface area is 147 Å². The van der Waals surface area contributed by atoms with E-state index >= 15 is 0 Å². The Bertz CT molecular complexity index is 707. The molecule has 3 aliphatic rings. The van der Waals surface area contributed by atoms with E-state index in [0.29, 0.717) is 5.92 Å². The van der Waals surface area contributed by atoms with E-state index in [1.54, 1.807) is 4.90 Å². The van der Waals surface area contributed by atoms with Crippen LogP contribution >= 0.6 is 0 Å². The van der Waals surface area contributed by atoms with E-state index in [-0.39, 0.29) is 43.0 Å². The summed E-state index contributed by atoms with van der Waals surface area (Å²) in [5.41, 5.74) is 2.26. The molecule has 1 saturated heterocycles. The number of amides is 4.